The Kier molecular flexibility index (Phi) is 4.26. The number of carbonyl (C=O) groups is 2. The number of hydrogen-bond donors (Lipinski definition) is 2. The van der Waals surface area contributed by atoms with E-state index in [0.29, 0.717) is 22.7 Å². The number of fused-ring (bicyclic) bond motifs is 2. The molecule has 1 aliphatic heterocycles. The van der Waals surface area contributed by atoms with Gasteiger partial charge in [-0.05, 0) is 54.8 Å². The van der Waals surface area contributed by atoms with E-state index in [1.165, 1.54) is 7.11 Å². The topological polar surface area (TPSA) is 76.7 Å². The second-order valence-electron chi connectivity index (χ2n) is 7.03. The number of ether oxygens (including phenoxy) is 2. The van der Waals surface area contributed by atoms with Gasteiger partial charge in [0.2, 0.25) is 5.91 Å². The summed E-state index contributed by atoms with van der Waals surface area (Å²) in [5.74, 6) is 0.908. The van der Waals surface area contributed by atoms with Crippen molar-refractivity contribution in [3.05, 3.63) is 47.5 Å². The Balaban J connectivity index is 1.60. The average Bonchev–Trinajstić information content (AvgIpc) is 3.28. The van der Waals surface area contributed by atoms with Crippen LogP contribution in [0.25, 0.3) is 0 Å². The lowest BCUT2D eigenvalue weighted by atomic mass is 9.80. The van der Waals surface area contributed by atoms with Gasteiger partial charge in [0.15, 0.2) is 11.5 Å². The van der Waals surface area contributed by atoms with E-state index in [4.69, 9.17) is 9.47 Å². The van der Waals surface area contributed by atoms with Crippen molar-refractivity contribution in [2.75, 3.05) is 24.9 Å². The van der Waals surface area contributed by atoms with Crippen LogP contribution >= 0.6 is 0 Å². The van der Waals surface area contributed by atoms with Gasteiger partial charge in [0.1, 0.15) is 0 Å². The van der Waals surface area contributed by atoms with Crippen molar-refractivity contribution in [2.45, 2.75) is 31.1 Å². The van der Waals surface area contributed by atoms with Crippen LogP contribution in [0, 0.1) is 0 Å². The molecule has 0 aromatic heterocycles. The fraction of sp³-hybridized carbons (Fsp3) is 0.333. The van der Waals surface area contributed by atoms with Crippen molar-refractivity contribution in [3.8, 4) is 11.5 Å². The molecule has 0 bridgehead atoms. The Labute approximate surface area is 157 Å². The van der Waals surface area contributed by atoms with E-state index in [1.807, 2.05) is 18.2 Å². The number of carbonyl (C=O) groups excluding carboxylic acids is 2. The van der Waals surface area contributed by atoms with Gasteiger partial charge in [-0.1, -0.05) is 12.8 Å². The molecule has 6 heteroatoms. The molecule has 140 valence electrons. The van der Waals surface area contributed by atoms with Gasteiger partial charge in [-0.15, -0.1) is 0 Å². The number of hydrogen-bond acceptors (Lipinski definition) is 4. The van der Waals surface area contributed by atoms with Crippen molar-refractivity contribution < 1.29 is 19.1 Å². The fourth-order valence-corrected chi connectivity index (χ4v) is 4.15. The smallest absolute Gasteiger partial charge is 0.255 e. The highest BCUT2D eigenvalue weighted by atomic mass is 16.5. The number of anilines is 2. The Morgan fingerprint density at radius 2 is 1.78 bits per heavy atom. The molecule has 4 rings (SSSR count). The molecular weight excluding hydrogens is 344 g/mol. The highest BCUT2D eigenvalue weighted by Crippen LogP contribution is 2.49. The van der Waals surface area contributed by atoms with E-state index < -0.39 is 5.41 Å². The maximum Gasteiger partial charge on any atom is 0.255 e. The summed E-state index contributed by atoms with van der Waals surface area (Å²) in [5, 5.41) is 5.91. The van der Waals surface area contributed by atoms with Crippen LogP contribution in [0.4, 0.5) is 11.4 Å². The largest absolute Gasteiger partial charge is 0.493 e. The second-order valence-corrected chi connectivity index (χ2v) is 7.03. The van der Waals surface area contributed by atoms with Gasteiger partial charge < -0.3 is 20.1 Å². The van der Waals surface area contributed by atoms with E-state index in [2.05, 4.69) is 10.6 Å². The molecule has 27 heavy (non-hydrogen) atoms. The average molecular weight is 366 g/mol. The molecule has 0 atom stereocenters. The third-order valence-corrected chi connectivity index (χ3v) is 5.58. The van der Waals surface area contributed by atoms with E-state index in [1.54, 1.807) is 25.3 Å². The zero-order chi connectivity index (χ0) is 19.0. The Morgan fingerprint density at radius 1 is 1.04 bits per heavy atom. The second kappa shape index (κ2) is 6.61. The summed E-state index contributed by atoms with van der Waals surface area (Å²) in [4.78, 5) is 25.2. The van der Waals surface area contributed by atoms with Gasteiger partial charge >= 0.3 is 0 Å². The maximum atomic E-state index is 12.7. The monoisotopic (exact) mass is 366 g/mol. The summed E-state index contributed by atoms with van der Waals surface area (Å²) in [5.41, 5.74) is 2.56. The SMILES string of the molecule is COc1ccc(C(=O)Nc2ccc3c(c2)C2(CCCC2)C(=O)N3)cc1OC. The van der Waals surface area contributed by atoms with Crippen molar-refractivity contribution in [1.82, 2.24) is 0 Å². The molecule has 2 aromatic carbocycles. The number of methoxy groups -OCH3 is 2. The highest BCUT2D eigenvalue weighted by molar-refractivity contribution is 6.08. The lowest BCUT2D eigenvalue weighted by Gasteiger charge is -2.21. The lowest BCUT2D eigenvalue weighted by molar-refractivity contribution is -0.120. The number of amides is 2. The molecule has 0 unspecified atom stereocenters. The van der Waals surface area contributed by atoms with Crippen molar-refractivity contribution >= 4 is 23.2 Å². The summed E-state index contributed by atoms with van der Waals surface area (Å²) in [6, 6.07) is 10.6. The van der Waals surface area contributed by atoms with Gasteiger partial charge in [0, 0.05) is 16.9 Å². The molecule has 0 saturated heterocycles. The van der Waals surface area contributed by atoms with Crippen molar-refractivity contribution in [3.63, 3.8) is 0 Å². The van der Waals surface area contributed by atoms with Crippen molar-refractivity contribution in [1.29, 1.82) is 0 Å². The summed E-state index contributed by atoms with van der Waals surface area (Å²) in [6.45, 7) is 0. The zero-order valence-electron chi connectivity index (χ0n) is 15.4. The molecule has 1 saturated carbocycles. The molecule has 1 aliphatic carbocycles. The van der Waals surface area contributed by atoms with Gasteiger partial charge in [-0.2, -0.15) is 0 Å². The summed E-state index contributed by atoms with van der Waals surface area (Å²) < 4.78 is 10.5. The molecule has 1 heterocycles. The minimum Gasteiger partial charge on any atom is -0.493 e. The van der Waals surface area contributed by atoms with Crippen LogP contribution in [0.1, 0.15) is 41.6 Å². The molecule has 6 nitrogen and oxygen atoms in total. The molecule has 2 N–H and O–H groups in total. The Bertz CT molecular complexity index is 916. The van der Waals surface area contributed by atoms with Gasteiger partial charge in [-0.25, -0.2) is 0 Å². The number of benzene rings is 2. The van der Waals surface area contributed by atoms with Crippen molar-refractivity contribution in [2.24, 2.45) is 0 Å². The predicted octanol–water partition coefficient (Wildman–Crippen LogP) is 3.72. The van der Waals surface area contributed by atoms with E-state index >= 15 is 0 Å². The van der Waals surface area contributed by atoms with E-state index in [0.717, 1.165) is 36.9 Å². The van der Waals surface area contributed by atoms with Crippen LogP contribution in [0.2, 0.25) is 0 Å². The first-order chi connectivity index (χ1) is 13.1. The third-order valence-electron chi connectivity index (χ3n) is 5.58. The van der Waals surface area contributed by atoms with Crippen LogP contribution in [0.3, 0.4) is 0 Å². The van der Waals surface area contributed by atoms with Gasteiger partial charge in [-0.3, -0.25) is 9.59 Å². The van der Waals surface area contributed by atoms with Crippen LogP contribution in [-0.4, -0.2) is 26.0 Å². The first-order valence-corrected chi connectivity index (χ1v) is 9.07. The molecule has 1 fully saturated rings. The molecule has 2 aromatic rings. The summed E-state index contributed by atoms with van der Waals surface area (Å²) >= 11 is 0. The first kappa shape index (κ1) is 17.4. The number of nitrogens with one attached hydrogen (secondary N) is 2. The Hall–Kier alpha value is -3.02. The van der Waals surface area contributed by atoms with Crippen LogP contribution in [0.5, 0.6) is 11.5 Å². The van der Waals surface area contributed by atoms with Gasteiger partial charge in [0.05, 0.1) is 19.6 Å². The van der Waals surface area contributed by atoms with Crippen LogP contribution < -0.4 is 20.1 Å². The molecular formula is C21H22N2O4. The molecule has 2 aliphatic rings. The standard InChI is InChI=1S/C21H22N2O4/c1-26-17-8-5-13(11-18(17)27-2)19(24)22-14-6-7-16-15(12-14)21(20(25)23-16)9-3-4-10-21/h5-8,11-12H,3-4,9-10H2,1-2H3,(H,22,24)(H,23,25). The van der Waals surface area contributed by atoms with Crippen LogP contribution in [0.15, 0.2) is 36.4 Å². The zero-order valence-corrected chi connectivity index (χ0v) is 15.4. The maximum absolute atomic E-state index is 12.7. The third kappa shape index (κ3) is 2.81. The lowest BCUT2D eigenvalue weighted by Crippen LogP contribution is -2.31. The summed E-state index contributed by atoms with van der Waals surface area (Å²) in [7, 11) is 3.08. The highest BCUT2D eigenvalue weighted by Gasteiger charge is 2.48. The quantitative estimate of drug-likeness (QED) is 0.865. The van der Waals surface area contributed by atoms with E-state index in [-0.39, 0.29) is 11.8 Å². The van der Waals surface area contributed by atoms with Gasteiger partial charge in [0.25, 0.3) is 5.91 Å². The normalized spacial score (nSPS) is 16.7. The molecule has 0 radical (unpaired) electrons. The van der Waals surface area contributed by atoms with E-state index in [9.17, 15) is 9.59 Å². The minimum absolute atomic E-state index is 0.0818. The molecule has 1 spiro atoms. The summed E-state index contributed by atoms with van der Waals surface area (Å²) in [6.07, 6.45) is 3.82. The minimum atomic E-state index is -0.431. The predicted molar refractivity (Wildman–Crippen MR) is 103 cm³/mol. The molecule has 2 amide bonds. The Morgan fingerprint density at radius 3 is 2.48 bits per heavy atom. The number of rotatable bonds is 4. The van der Waals surface area contributed by atoms with Crippen LogP contribution in [-0.2, 0) is 10.2 Å². The first-order valence-electron chi connectivity index (χ1n) is 9.07. The fourth-order valence-electron chi connectivity index (χ4n) is 4.15.